The van der Waals surface area contributed by atoms with Crippen molar-refractivity contribution in [3.05, 3.63) is 40.2 Å². The standard InChI is InChI=1S/C28H35N5O2S/c1-15(2)20-21-17(4)23(19-9-28(10-19)12-32(13-28)26(34)35-27(5,6)7)36-25(21)31-22(20)18-8-16(3)24-29-14-30-33(24)11-18/h8,11,14-15,19,31H,9-10,12-13H2,1-7H3. The third kappa shape index (κ3) is 3.64. The largest absolute Gasteiger partial charge is 0.444 e. The van der Waals surface area contributed by atoms with Gasteiger partial charge in [0.1, 0.15) is 16.8 Å². The summed E-state index contributed by atoms with van der Waals surface area (Å²) >= 11 is 1.92. The molecule has 5 heterocycles. The lowest BCUT2D eigenvalue weighted by molar-refractivity contribution is -0.0781. The van der Waals surface area contributed by atoms with E-state index in [1.165, 1.54) is 31.9 Å². The number of aromatic nitrogens is 4. The van der Waals surface area contributed by atoms with Crippen LogP contribution in [-0.2, 0) is 4.74 Å². The van der Waals surface area contributed by atoms with Crippen LogP contribution < -0.4 is 0 Å². The van der Waals surface area contributed by atoms with Crippen LogP contribution in [-0.4, -0.2) is 49.3 Å². The first-order chi connectivity index (χ1) is 16.9. The first-order valence-electron chi connectivity index (χ1n) is 12.9. The number of pyridine rings is 1. The van der Waals surface area contributed by atoms with Crippen molar-refractivity contribution in [2.45, 2.75) is 78.7 Å². The van der Waals surface area contributed by atoms with Gasteiger partial charge < -0.3 is 14.6 Å². The van der Waals surface area contributed by atoms with Crippen LogP contribution >= 0.6 is 11.3 Å². The predicted octanol–water partition coefficient (Wildman–Crippen LogP) is 6.79. The van der Waals surface area contributed by atoms with Gasteiger partial charge in [-0.3, -0.25) is 0 Å². The molecular formula is C28H35N5O2S. The monoisotopic (exact) mass is 505 g/mol. The van der Waals surface area contributed by atoms with Gasteiger partial charge in [0, 0.05) is 40.5 Å². The highest BCUT2D eigenvalue weighted by molar-refractivity contribution is 7.19. The quantitative estimate of drug-likeness (QED) is 0.332. The van der Waals surface area contributed by atoms with Crippen LogP contribution in [0.2, 0.25) is 0 Å². The van der Waals surface area contributed by atoms with E-state index in [9.17, 15) is 4.79 Å². The minimum Gasteiger partial charge on any atom is -0.444 e. The van der Waals surface area contributed by atoms with Crippen LogP contribution in [0.3, 0.4) is 0 Å². The second-order valence-corrected chi connectivity index (χ2v) is 13.3. The van der Waals surface area contributed by atoms with Crippen LogP contribution in [0.25, 0.3) is 27.1 Å². The average molecular weight is 506 g/mol. The predicted molar refractivity (Wildman–Crippen MR) is 144 cm³/mol. The maximum Gasteiger partial charge on any atom is 0.410 e. The van der Waals surface area contributed by atoms with E-state index in [-0.39, 0.29) is 11.5 Å². The lowest BCUT2D eigenvalue weighted by Gasteiger charge is -2.58. The van der Waals surface area contributed by atoms with E-state index >= 15 is 0 Å². The molecule has 0 aromatic carbocycles. The van der Waals surface area contributed by atoms with E-state index in [1.54, 1.807) is 6.33 Å². The molecule has 8 heteroatoms. The molecular weight excluding hydrogens is 470 g/mol. The molecule has 1 N–H and O–H groups in total. The third-order valence-electron chi connectivity index (χ3n) is 7.82. The minimum atomic E-state index is -0.441. The number of aromatic amines is 1. The molecule has 1 aliphatic heterocycles. The Morgan fingerprint density at radius 2 is 1.97 bits per heavy atom. The summed E-state index contributed by atoms with van der Waals surface area (Å²) in [4.78, 5) is 25.2. The van der Waals surface area contributed by atoms with Crippen molar-refractivity contribution in [2.24, 2.45) is 5.41 Å². The lowest BCUT2D eigenvalue weighted by atomic mass is 9.57. The van der Waals surface area contributed by atoms with Gasteiger partial charge in [0.25, 0.3) is 0 Å². The van der Waals surface area contributed by atoms with Crippen molar-refractivity contribution >= 4 is 33.3 Å². The van der Waals surface area contributed by atoms with Crippen LogP contribution in [0.15, 0.2) is 18.6 Å². The minimum absolute atomic E-state index is 0.175. The van der Waals surface area contributed by atoms with Crippen molar-refractivity contribution in [3.8, 4) is 11.3 Å². The molecule has 2 fully saturated rings. The van der Waals surface area contributed by atoms with Gasteiger partial charge in [0.05, 0.1) is 5.69 Å². The Hall–Kier alpha value is -2.87. The van der Waals surface area contributed by atoms with Gasteiger partial charge in [-0.25, -0.2) is 14.3 Å². The topological polar surface area (TPSA) is 75.5 Å². The van der Waals surface area contributed by atoms with Gasteiger partial charge in [-0.1, -0.05) is 13.8 Å². The van der Waals surface area contributed by atoms with Crippen LogP contribution in [0.4, 0.5) is 4.79 Å². The second kappa shape index (κ2) is 7.81. The number of hydrogen-bond donors (Lipinski definition) is 1. The van der Waals surface area contributed by atoms with Crippen LogP contribution in [0, 0.1) is 19.3 Å². The molecule has 0 radical (unpaired) electrons. The fourth-order valence-electron chi connectivity index (χ4n) is 6.32. The highest BCUT2D eigenvalue weighted by atomic mass is 32.1. The highest BCUT2D eigenvalue weighted by Crippen LogP contribution is 2.59. The molecule has 4 aromatic rings. The molecule has 1 amide bonds. The van der Waals surface area contributed by atoms with Crippen molar-refractivity contribution in [3.63, 3.8) is 0 Å². The zero-order valence-electron chi connectivity index (χ0n) is 22.2. The Morgan fingerprint density at radius 1 is 1.25 bits per heavy atom. The average Bonchev–Trinajstić information content (AvgIpc) is 3.40. The van der Waals surface area contributed by atoms with Gasteiger partial charge in [0.15, 0.2) is 5.65 Å². The van der Waals surface area contributed by atoms with Gasteiger partial charge >= 0.3 is 6.09 Å². The number of hydrogen-bond acceptors (Lipinski definition) is 5. The summed E-state index contributed by atoms with van der Waals surface area (Å²) in [5.41, 5.74) is 7.01. The van der Waals surface area contributed by atoms with Crippen molar-refractivity contribution < 1.29 is 9.53 Å². The van der Waals surface area contributed by atoms with E-state index in [2.05, 4.69) is 55.0 Å². The number of likely N-dealkylation sites (tertiary alicyclic amines) is 1. The summed E-state index contributed by atoms with van der Waals surface area (Å²) in [6.45, 7) is 16.4. The van der Waals surface area contributed by atoms with Crippen molar-refractivity contribution in [1.29, 1.82) is 0 Å². The number of aryl methyl sites for hydroxylation is 2. The maximum atomic E-state index is 12.4. The van der Waals surface area contributed by atoms with Crippen LogP contribution in [0.1, 0.15) is 80.9 Å². The number of amides is 1. The lowest BCUT2D eigenvalue weighted by Crippen LogP contribution is -2.63. The smallest absolute Gasteiger partial charge is 0.410 e. The number of fused-ring (bicyclic) bond motifs is 2. The normalized spacial score (nSPS) is 17.8. The van der Waals surface area contributed by atoms with Gasteiger partial charge in [-0.2, -0.15) is 5.10 Å². The molecule has 1 spiro atoms. The maximum absolute atomic E-state index is 12.4. The molecule has 1 aliphatic carbocycles. The number of carbonyl (C=O) groups excluding carboxylic acids is 1. The molecule has 190 valence electrons. The molecule has 0 bridgehead atoms. The zero-order valence-corrected chi connectivity index (χ0v) is 23.0. The summed E-state index contributed by atoms with van der Waals surface area (Å²) in [5.74, 6) is 0.970. The Morgan fingerprint density at radius 3 is 2.64 bits per heavy atom. The Bertz CT molecular complexity index is 1490. The van der Waals surface area contributed by atoms with Crippen molar-refractivity contribution in [2.75, 3.05) is 13.1 Å². The van der Waals surface area contributed by atoms with E-state index in [0.717, 1.165) is 42.7 Å². The molecule has 7 nitrogen and oxygen atoms in total. The number of rotatable bonds is 3. The van der Waals surface area contributed by atoms with Gasteiger partial charge in [-0.05, 0) is 82.1 Å². The molecule has 2 aliphatic rings. The first-order valence-corrected chi connectivity index (χ1v) is 13.7. The van der Waals surface area contributed by atoms with E-state index < -0.39 is 5.60 Å². The summed E-state index contributed by atoms with van der Waals surface area (Å²) in [7, 11) is 0. The molecule has 0 unspecified atom stereocenters. The van der Waals surface area contributed by atoms with E-state index in [1.807, 2.05) is 41.5 Å². The zero-order chi connectivity index (χ0) is 25.6. The summed E-state index contributed by atoms with van der Waals surface area (Å²) < 4.78 is 7.42. The molecule has 1 saturated heterocycles. The Balaban J connectivity index is 1.26. The van der Waals surface area contributed by atoms with Crippen LogP contribution in [0.5, 0.6) is 0 Å². The Labute approximate surface area is 215 Å². The SMILES string of the molecule is Cc1c(C2CC3(C2)CN(C(=O)OC(C)(C)C)C3)sc2[nH]c(-c3cc(C)c4ncnn4c3)c(C(C)C)c12. The first kappa shape index (κ1) is 23.5. The van der Waals surface area contributed by atoms with Gasteiger partial charge in [0.2, 0.25) is 0 Å². The number of ether oxygens (including phenoxy) is 1. The summed E-state index contributed by atoms with van der Waals surface area (Å²) in [6.07, 6.45) is 5.82. The highest BCUT2D eigenvalue weighted by Gasteiger charge is 2.55. The fourth-order valence-corrected chi connectivity index (χ4v) is 7.65. The molecule has 36 heavy (non-hydrogen) atoms. The van der Waals surface area contributed by atoms with E-state index in [0.29, 0.717) is 11.8 Å². The fraction of sp³-hybridized carbons (Fsp3) is 0.536. The number of nitrogens with zero attached hydrogens (tertiary/aromatic N) is 4. The third-order valence-corrected chi connectivity index (χ3v) is 9.19. The molecule has 4 aromatic heterocycles. The molecule has 0 atom stereocenters. The van der Waals surface area contributed by atoms with E-state index in [4.69, 9.17) is 4.74 Å². The summed E-state index contributed by atoms with van der Waals surface area (Å²) in [6, 6.07) is 2.21. The van der Waals surface area contributed by atoms with Gasteiger partial charge in [-0.15, -0.1) is 11.3 Å². The number of nitrogens with one attached hydrogen (secondary N) is 1. The second-order valence-electron chi connectivity index (χ2n) is 12.2. The van der Waals surface area contributed by atoms with Crippen molar-refractivity contribution in [1.82, 2.24) is 24.5 Å². The number of H-pyrrole nitrogens is 1. The Kier molecular flexibility index (Phi) is 5.11. The number of thiophene rings is 1. The molecule has 1 saturated carbocycles. The molecule has 6 rings (SSSR count). The number of carbonyl (C=O) groups is 1. The summed E-state index contributed by atoms with van der Waals surface area (Å²) in [5, 5.41) is 5.77.